The Hall–Kier alpha value is -1.36. The average molecular weight is 267 g/mol. The van der Waals surface area contributed by atoms with Crippen molar-refractivity contribution in [2.45, 2.75) is 47.1 Å². The first-order valence-corrected chi connectivity index (χ1v) is 6.84. The number of rotatable bonds is 7. The second-order valence-electron chi connectivity index (χ2n) is 5.37. The van der Waals surface area contributed by atoms with Crippen LogP contribution in [0.4, 0.5) is 0 Å². The van der Waals surface area contributed by atoms with Crippen molar-refractivity contribution in [1.82, 2.24) is 15.8 Å². The van der Waals surface area contributed by atoms with E-state index in [1.807, 2.05) is 20.8 Å². The number of amides is 1. The highest BCUT2D eigenvalue weighted by molar-refractivity contribution is 5.78. The lowest BCUT2D eigenvalue weighted by molar-refractivity contribution is -0.120. The quantitative estimate of drug-likeness (QED) is 0.794. The van der Waals surface area contributed by atoms with Crippen LogP contribution in [-0.4, -0.2) is 24.2 Å². The molecule has 0 bridgehead atoms. The Labute approximate surface area is 115 Å². The highest BCUT2D eigenvalue weighted by Gasteiger charge is 2.16. The summed E-state index contributed by atoms with van der Waals surface area (Å²) in [5.74, 6) is 1.44. The van der Waals surface area contributed by atoms with E-state index in [4.69, 9.17) is 4.52 Å². The number of aryl methyl sites for hydroxylation is 2. The van der Waals surface area contributed by atoms with Gasteiger partial charge in [0.05, 0.1) is 12.2 Å². The molecule has 0 fully saturated rings. The van der Waals surface area contributed by atoms with Gasteiger partial charge in [-0.2, -0.15) is 0 Å². The van der Waals surface area contributed by atoms with Crippen LogP contribution < -0.4 is 10.6 Å². The van der Waals surface area contributed by atoms with Crippen LogP contribution >= 0.6 is 0 Å². The van der Waals surface area contributed by atoms with E-state index in [2.05, 4.69) is 29.6 Å². The fraction of sp³-hybridized carbons (Fsp3) is 0.714. The third-order valence-corrected chi connectivity index (χ3v) is 3.13. The van der Waals surface area contributed by atoms with E-state index in [0.717, 1.165) is 30.0 Å². The standard InChI is InChI=1S/C14H25N3O2/c1-9(2)6-7-15-13(18)8-16-10(3)14-11(4)17-19-12(14)5/h9-10,16H,6-8H2,1-5H3,(H,15,18). The Morgan fingerprint density at radius 3 is 2.53 bits per heavy atom. The van der Waals surface area contributed by atoms with Gasteiger partial charge in [-0.3, -0.25) is 4.79 Å². The second-order valence-corrected chi connectivity index (χ2v) is 5.37. The Morgan fingerprint density at radius 2 is 2.00 bits per heavy atom. The van der Waals surface area contributed by atoms with Crippen LogP contribution in [0.3, 0.4) is 0 Å². The summed E-state index contributed by atoms with van der Waals surface area (Å²) in [6.45, 7) is 11.1. The van der Waals surface area contributed by atoms with Gasteiger partial charge in [0.15, 0.2) is 0 Å². The SMILES string of the molecule is Cc1noc(C)c1C(C)NCC(=O)NCCC(C)C. The molecule has 1 rings (SSSR count). The lowest BCUT2D eigenvalue weighted by atomic mass is 10.1. The Morgan fingerprint density at radius 1 is 1.32 bits per heavy atom. The summed E-state index contributed by atoms with van der Waals surface area (Å²) >= 11 is 0. The maximum Gasteiger partial charge on any atom is 0.233 e. The van der Waals surface area contributed by atoms with E-state index in [1.54, 1.807) is 0 Å². The zero-order valence-electron chi connectivity index (χ0n) is 12.5. The van der Waals surface area contributed by atoms with Gasteiger partial charge < -0.3 is 15.2 Å². The van der Waals surface area contributed by atoms with Crippen LogP contribution in [0.2, 0.25) is 0 Å². The number of nitrogens with zero attached hydrogens (tertiary/aromatic N) is 1. The Kier molecular flexibility index (Phi) is 6.02. The van der Waals surface area contributed by atoms with Gasteiger partial charge in [-0.1, -0.05) is 19.0 Å². The number of aromatic nitrogens is 1. The van der Waals surface area contributed by atoms with Crippen molar-refractivity contribution < 1.29 is 9.32 Å². The maximum atomic E-state index is 11.7. The first kappa shape index (κ1) is 15.7. The number of hydrogen-bond acceptors (Lipinski definition) is 4. The molecular formula is C14H25N3O2. The van der Waals surface area contributed by atoms with Gasteiger partial charge in [0.2, 0.25) is 5.91 Å². The van der Waals surface area contributed by atoms with Crippen molar-refractivity contribution in [1.29, 1.82) is 0 Å². The molecule has 0 radical (unpaired) electrons. The maximum absolute atomic E-state index is 11.7. The van der Waals surface area contributed by atoms with Crippen LogP contribution in [0.1, 0.15) is 50.3 Å². The average Bonchev–Trinajstić information content (AvgIpc) is 2.65. The normalized spacial score (nSPS) is 12.7. The minimum absolute atomic E-state index is 0.0271. The molecular weight excluding hydrogens is 242 g/mol. The molecule has 1 amide bonds. The third-order valence-electron chi connectivity index (χ3n) is 3.13. The molecule has 5 heteroatoms. The van der Waals surface area contributed by atoms with Gasteiger partial charge in [0.1, 0.15) is 5.76 Å². The highest BCUT2D eigenvalue weighted by atomic mass is 16.5. The van der Waals surface area contributed by atoms with E-state index >= 15 is 0 Å². The van der Waals surface area contributed by atoms with Crippen LogP contribution in [0.25, 0.3) is 0 Å². The van der Waals surface area contributed by atoms with Gasteiger partial charge in [0.25, 0.3) is 0 Å². The molecule has 1 aromatic rings. The van der Waals surface area contributed by atoms with Crippen molar-refractivity contribution in [2.75, 3.05) is 13.1 Å². The van der Waals surface area contributed by atoms with Gasteiger partial charge in [-0.15, -0.1) is 0 Å². The fourth-order valence-corrected chi connectivity index (χ4v) is 2.02. The van der Waals surface area contributed by atoms with E-state index < -0.39 is 0 Å². The predicted octanol–water partition coefficient (Wildman–Crippen LogP) is 2.10. The molecule has 0 aliphatic rings. The summed E-state index contributed by atoms with van der Waals surface area (Å²) in [6, 6.07) is 0.0575. The van der Waals surface area contributed by atoms with Gasteiger partial charge in [-0.25, -0.2) is 0 Å². The van der Waals surface area contributed by atoms with Crippen molar-refractivity contribution in [3.8, 4) is 0 Å². The number of carbonyl (C=O) groups excluding carboxylic acids is 1. The lowest BCUT2D eigenvalue weighted by Gasteiger charge is -2.14. The monoisotopic (exact) mass is 267 g/mol. The van der Waals surface area contributed by atoms with E-state index in [9.17, 15) is 4.79 Å². The Bertz CT molecular complexity index is 393. The largest absolute Gasteiger partial charge is 0.361 e. The minimum atomic E-state index is 0.0271. The number of nitrogens with one attached hydrogen (secondary N) is 2. The molecule has 0 saturated carbocycles. The van der Waals surface area contributed by atoms with Crippen molar-refractivity contribution in [3.05, 3.63) is 17.0 Å². The fourth-order valence-electron chi connectivity index (χ4n) is 2.02. The zero-order valence-corrected chi connectivity index (χ0v) is 12.5. The number of hydrogen-bond donors (Lipinski definition) is 2. The Balaban J connectivity index is 2.34. The van der Waals surface area contributed by atoms with Crippen molar-refractivity contribution >= 4 is 5.91 Å². The molecule has 1 heterocycles. The van der Waals surface area contributed by atoms with E-state index in [0.29, 0.717) is 12.5 Å². The molecule has 1 atom stereocenters. The van der Waals surface area contributed by atoms with Crippen LogP contribution in [-0.2, 0) is 4.79 Å². The van der Waals surface area contributed by atoms with Crippen LogP contribution in [0.5, 0.6) is 0 Å². The predicted molar refractivity (Wildman–Crippen MR) is 74.9 cm³/mol. The molecule has 0 spiro atoms. The topological polar surface area (TPSA) is 67.2 Å². The molecule has 108 valence electrons. The molecule has 1 aromatic heterocycles. The zero-order chi connectivity index (χ0) is 14.4. The van der Waals surface area contributed by atoms with Gasteiger partial charge in [-0.05, 0) is 33.1 Å². The third kappa shape index (κ3) is 5.03. The van der Waals surface area contributed by atoms with Gasteiger partial charge in [0, 0.05) is 18.2 Å². The first-order valence-electron chi connectivity index (χ1n) is 6.84. The summed E-state index contributed by atoms with van der Waals surface area (Å²) in [5.41, 5.74) is 1.91. The van der Waals surface area contributed by atoms with Crippen LogP contribution in [0.15, 0.2) is 4.52 Å². The van der Waals surface area contributed by atoms with Crippen molar-refractivity contribution in [3.63, 3.8) is 0 Å². The van der Waals surface area contributed by atoms with Crippen LogP contribution in [0, 0.1) is 19.8 Å². The van der Waals surface area contributed by atoms with E-state index in [1.165, 1.54) is 0 Å². The first-order chi connectivity index (χ1) is 8.91. The molecule has 0 aromatic carbocycles. The summed E-state index contributed by atoms with van der Waals surface area (Å²) in [4.78, 5) is 11.7. The molecule has 0 aliphatic heterocycles. The second kappa shape index (κ2) is 7.28. The lowest BCUT2D eigenvalue weighted by Crippen LogP contribution is -2.36. The molecule has 5 nitrogen and oxygen atoms in total. The molecule has 19 heavy (non-hydrogen) atoms. The van der Waals surface area contributed by atoms with Gasteiger partial charge >= 0.3 is 0 Å². The van der Waals surface area contributed by atoms with E-state index in [-0.39, 0.29) is 11.9 Å². The summed E-state index contributed by atoms with van der Waals surface area (Å²) in [6.07, 6.45) is 1.01. The summed E-state index contributed by atoms with van der Waals surface area (Å²) in [5, 5.41) is 10.0. The molecule has 0 aliphatic carbocycles. The molecule has 2 N–H and O–H groups in total. The number of carbonyl (C=O) groups is 1. The summed E-state index contributed by atoms with van der Waals surface area (Å²) in [7, 11) is 0. The van der Waals surface area contributed by atoms with Crippen molar-refractivity contribution in [2.24, 2.45) is 5.92 Å². The summed E-state index contributed by atoms with van der Waals surface area (Å²) < 4.78 is 5.12. The smallest absolute Gasteiger partial charge is 0.233 e. The minimum Gasteiger partial charge on any atom is -0.361 e. The highest BCUT2D eigenvalue weighted by Crippen LogP contribution is 2.20. The molecule has 1 unspecified atom stereocenters. The molecule has 0 saturated heterocycles.